The van der Waals surface area contributed by atoms with Crippen LogP contribution in [0.25, 0.3) is 0 Å². The molecule has 0 saturated heterocycles. The largest absolute Gasteiger partial charge is 0.383 e. The number of benzene rings is 1. The third-order valence-corrected chi connectivity index (χ3v) is 3.53. The quantitative estimate of drug-likeness (QED) is 0.503. The number of rotatable bonds is 5. The van der Waals surface area contributed by atoms with E-state index in [9.17, 15) is 0 Å². The SMILES string of the molecule is Nc1cc(Br)nc(NCCSc2ccccc2)n1. The second-order valence-corrected chi connectivity index (χ2v) is 5.51. The van der Waals surface area contributed by atoms with Crippen LogP contribution >= 0.6 is 27.7 Å². The minimum absolute atomic E-state index is 0.454. The summed E-state index contributed by atoms with van der Waals surface area (Å²) in [7, 11) is 0. The van der Waals surface area contributed by atoms with E-state index in [1.807, 2.05) is 18.2 Å². The van der Waals surface area contributed by atoms with Crippen molar-refractivity contribution in [3.63, 3.8) is 0 Å². The predicted molar refractivity (Wildman–Crippen MR) is 79.8 cm³/mol. The van der Waals surface area contributed by atoms with E-state index in [1.165, 1.54) is 4.90 Å². The number of aromatic nitrogens is 2. The van der Waals surface area contributed by atoms with Gasteiger partial charge in [0.25, 0.3) is 0 Å². The molecule has 0 atom stereocenters. The molecule has 0 bridgehead atoms. The minimum Gasteiger partial charge on any atom is -0.383 e. The first-order valence-electron chi connectivity index (χ1n) is 5.46. The Morgan fingerprint density at radius 1 is 1.22 bits per heavy atom. The molecule has 0 aliphatic carbocycles. The fraction of sp³-hybridized carbons (Fsp3) is 0.167. The normalized spacial score (nSPS) is 10.3. The Kier molecular flexibility index (Phi) is 4.83. The van der Waals surface area contributed by atoms with Gasteiger partial charge in [0.1, 0.15) is 10.4 Å². The Labute approximate surface area is 119 Å². The van der Waals surface area contributed by atoms with Crippen LogP contribution in [-0.2, 0) is 0 Å². The highest BCUT2D eigenvalue weighted by molar-refractivity contribution is 9.10. The Bertz CT molecular complexity index is 486. The molecule has 0 radical (unpaired) electrons. The van der Waals surface area contributed by atoms with Gasteiger partial charge in [0.05, 0.1) is 0 Å². The second kappa shape index (κ2) is 6.61. The van der Waals surface area contributed by atoms with Crippen LogP contribution in [0.4, 0.5) is 11.8 Å². The van der Waals surface area contributed by atoms with Crippen LogP contribution in [0.3, 0.4) is 0 Å². The lowest BCUT2D eigenvalue weighted by molar-refractivity contribution is 1.08. The average Bonchev–Trinajstić information content (AvgIpc) is 2.35. The van der Waals surface area contributed by atoms with E-state index < -0.39 is 0 Å². The number of halogens is 1. The van der Waals surface area contributed by atoms with E-state index >= 15 is 0 Å². The first-order valence-corrected chi connectivity index (χ1v) is 7.24. The van der Waals surface area contributed by atoms with Gasteiger partial charge in [-0.2, -0.15) is 4.98 Å². The molecule has 6 heteroatoms. The summed E-state index contributed by atoms with van der Waals surface area (Å²) >= 11 is 5.07. The van der Waals surface area contributed by atoms with Crippen LogP contribution < -0.4 is 11.1 Å². The Morgan fingerprint density at radius 2 is 2.00 bits per heavy atom. The molecule has 3 N–H and O–H groups in total. The van der Waals surface area contributed by atoms with E-state index in [0.717, 1.165) is 12.3 Å². The fourth-order valence-electron chi connectivity index (χ4n) is 1.36. The molecular formula is C12H13BrN4S. The van der Waals surface area contributed by atoms with Crippen molar-refractivity contribution in [2.24, 2.45) is 0 Å². The number of nitrogens with one attached hydrogen (secondary N) is 1. The van der Waals surface area contributed by atoms with Gasteiger partial charge in [0, 0.05) is 23.3 Å². The first-order chi connectivity index (χ1) is 8.74. The Hall–Kier alpha value is -1.27. The van der Waals surface area contributed by atoms with Crippen molar-refractivity contribution >= 4 is 39.5 Å². The van der Waals surface area contributed by atoms with E-state index in [-0.39, 0.29) is 0 Å². The topological polar surface area (TPSA) is 63.8 Å². The van der Waals surface area contributed by atoms with Gasteiger partial charge in [0.2, 0.25) is 5.95 Å². The van der Waals surface area contributed by atoms with Crippen molar-refractivity contribution in [2.45, 2.75) is 4.90 Å². The summed E-state index contributed by atoms with van der Waals surface area (Å²) in [6.45, 7) is 0.787. The highest BCUT2D eigenvalue weighted by Gasteiger charge is 2.00. The van der Waals surface area contributed by atoms with Gasteiger partial charge in [-0.3, -0.25) is 0 Å². The van der Waals surface area contributed by atoms with Gasteiger partial charge < -0.3 is 11.1 Å². The van der Waals surface area contributed by atoms with Gasteiger partial charge in [-0.25, -0.2) is 4.98 Å². The lowest BCUT2D eigenvalue weighted by Crippen LogP contribution is -2.08. The minimum atomic E-state index is 0.454. The van der Waals surface area contributed by atoms with Gasteiger partial charge in [-0.15, -0.1) is 11.8 Å². The van der Waals surface area contributed by atoms with Gasteiger partial charge in [-0.1, -0.05) is 18.2 Å². The van der Waals surface area contributed by atoms with Crippen molar-refractivity contribution in [1.29, 1.82) is 0 Å². The fourth-order valence-corrected chi connectivity index (χ4v) is 2.55. The molecule has 2 aromatic rings. The highest BCUT2D eigenvalue weighted by Crippen LogP contribution is 2.17. The van der Waals surface area contributed by atoms with Crippen LogP contribution in [0.1, 0.15) is 0 Å². The number of anilines is 2. The first kappa shape index (κ1) is 13.2. The highest BCUT2D eigenvalue weighted by atomic mass is 79.9. The Morgan fingerprint density at radius 3 is 2.72 bits per heavy atom. The van der Waals surface area contributed by atoms with Gasteiger partial charge in [0.15, 0.2) is 0 Å². The zero-order valence-corrected chi connectivity index (χ0v) is 12.0. The van der Waals surface area contributed by atoms with Crippen molar-refractivity contribution in [1.82, 2.24) is 9.97 Å². The maximum absolute atomic E-state index is 5.63. The number of thioether (sulfide) groups is 1. The monoisotopic (exact) mass is 324 g/mol. The van der Waals surface area contributed by atoms with E-state index in [2.05, 4.69) is 43.3 Å². The van der Waals surface area contributed by atoms with Gasteiger partial charge >= 0.3 is 0 Å². The number of hydrogen-bond donors (Lipinski definition) is 2. The summed E-state index contributed by atoms with van der Waals surface area (Å²) in [6, 6.07) is 11.9. The van der Waals surface area contributed by atoms with Crippen LogP contribution in [0.15, 0.2) is 45.9 Å². The molecular weight excluding hydrogens is 312 g/mol. The summed E-state index contributed by atoms with van der Waals surface area (Å²) in [4.78, 5) is 9.54. The molecule has 94 valence electrons. The molecule has 2 rings (SSSR count). The summed E-state index contributed by atoms with van der Waals surface area (Å²) in [5.74, 6) is 1.95. The molecule has 1 aromatic carbocycles. The molecule has 0 unspecified atom stereocenters. The van der Waals surface area contributed by atoms with Gasteiger partial charge in [-0.05, 0) is 28.1 Å². The number of nitrogens with two attached hydrogens (primary N) is 1. The molecule has 0 spiro atoms. The predicted octanol–water partition coefficient (Wildman–Crippen LogP) is 3.03. The molecule has 18 heavy (non-hydrogen) atoms. The van der Waals surface area contributed by atoms with Crippen molar-refractivity contribution < 1.29 is 0 Å². The molecule has 0 fully saturated rings. The zero-order valence-electron chi connectivity index (χ0n) is 9.64. The number of hydrogen-bond acceptors (Lipinski definition) is 5. The van der Waals surface area contributed by atoms with Crippen molar-refractivity contribution in [3.8, 4) is 0 Å². The molecule has 0 saturated carbocycles. The van der Waals surface area contributed by atoms with E-state index in [4.69, 9.17) is 5.73 Å². The third kappa shape index (κ3) is 4.19. The summed E-state index contributed by atoms with van der Waals surface area (Å²) in [5, 5.41) is 3.14. The lowest BCUT2D eigenvalue weighted by Gasteiger charge is -2.05. The standard InChI is InChI=1S/C12H13BrN4S/c13-10-8-11(14)17-12(16-10)15-6-7-18-9-4-2-1-3-5-9/h1-5,8H,6-7H2,(H3,14,15,16,17). The van der Waals surface area contributed by atoms with E-state index in [0.29, 0.717) is 16.4 Å². The van der Waals surface area contributed by atoms with E-state index in [1.54, 1.807) is 17.8 Å². The molecule has 0 aliphatic rings. The zero-order chi connectivity index (χ0) is 12.8. The Balaban J connectivity index is 1.78. The van der Waals surface area contributed by atoms with Crippen LogP contribution in [0.2, 0.25) is 0 Å². The average molecular weight is 325 g/mol. The molecule has 0 aliphatic heterocycles. The van der Waals surface area contributed by atoms with Crippen LogP contribution in [-0.4, -0.2) is 22.3 Å². The van der Waals surface area contributed by atoms with Crippen LogP contribution in [0.5, 0.6) is 0 Å². The smallest absolute Gasteiger partial charge is 0.225 e. The number of nitrogen functional groups attached to an aromatic ring is 1. The lowest BCUT2D eigenvalue weighted by atomic mass is 10.4. The van der Waals surface area contributed by atoms with Crippen LogP contribution in [0, 0.1) is 0 Å². The number of nitrogens with zero attached hydrogens (tertiary/aromatic N) is 2. The molecule has 1 aromatic heterocycles. The third-order valence-electron chi connectivity index (χ3n) is 2.11. The maximum atomic E-state index is 5.63. The summed E-state index contributed by atoms with van der Waals surface area (Å²) in [5.41, 5.74) is 5.63. The maximum Gasteiger partial charge on any atom is 0.225 e. The molecule has 1 heterocycles. The summed E-state index contributed by atoms with van der Waals surface area (Å²) in [6.07, 6.45) is 0. The van der Waals surface area contributed by atoms with Crippen molar-refractivity contribution in [2.75, 3.05) is 23.3 Å². The molecule has 0 amide bonds. The second-order valence-electron chi connectivity index (χ2n) is 3.53. The summed E-state index contributed by atoms with van der Waals surface area (Å²) < 4.78 is 0.688. The molecule has 4 nitrogen and oxygen atoms in total. The van der Waals surface area contributed by atoms with Crippen molar-refractivity contribution in [3.05, 3.63) is 41.0 Å².